The number of nitrogens with two attached hydrogens (primary N) is 1. The molecular formula is C9H9N3S2. The second-order valence-electron chi connectivity index (χ2n) is 3.01. The molecule has 0 aliphatic carbocycles. The lowest BCUT2D eigenvalue weighted by Gasteiger charge is -2.01. The summed E-state index contributed by atoms with van der Waals surface area (Å²) in [6.07, 6.45) is 0. The predicted molar refractivity (Wildman–Crippen MR) is 61.7 cm³/mol. The molecular weight excluding hydrogens is 214 g/mol. The van der Waals surface area contributed by atoms with Crippen LogP contribution in [0.25, 0.3) is 11.0 Å². The van der Waals surface area contributed by atoms with E-state index in [1.165, 1.54) is 5.56 Å². The van der Waals surface area contributed by atoms with Crippen molar-refractivity contribution in [3.05, 3.63) is 28.4 Å². The molecule has 1 heterocycles. The second kappa shape index (κ2) is 3.68. The minimum Gasteiger partial charge on any atom is -0.343 e. The smallest absolute Gasteiger partial charge is 0.146 e. The highest BCUT2D eigenvalue weighted by molar-refractivity contribution is 7.97. The van der Waals surface area contributed by atoms with Crippen molar-refractivity contribution >= 4 is 35.2 Å². The summed E-state index contributed by atoms with van der Waals surface area (Å²) in [6, 6.07) is 5.99. The van der Waals surface area contributed by atoms with Gasteiger partial charge in [0.15, 0.2) is 0 Å². The van der Waals surface area contributed by atoms with Crippen LogP contribution in [0.2, 0.25) is 0 Å². The monoisotopic (exact) mass is 223 g/mol. The SMILES string of the molecule is Cc1ccc2[nH]c(=S)c(SN)nc2c1. The fraction of sp³-hybridized carbons (Fsp3) is 0.111. The first-order valence-electron chi connectivity index (χ1n) is 4.08. The van der Waals surface area contributed by atoms with Crippen molar-refractivity contribution in [2.24, 2.45) is 5.14 Å². The van der Waals surface area contributed by atoms with E-state index in [-0.39, 0.29) is 0 Å². The fourth-order valence-electron chi connectivity index (χ4n) is 1.26. The minimum absolute atomic E-state index is 0.592. The van der Waals surface area contributed by atoms with Crippen molar-refractivity contribution in [2.45, 2.75) is 11.9 Å². The van der Waals surface area contributed by atoms with Crippen molar-refractivity contribution in [3.63, 3.8) is 0 Å². The van der Waals surface area contributed by atoms with Gasteiger partial charge in [-0.3, -0.25) is 5.14 Å². The molecule has 0 saturated carbocycles. The molecule has 1 aromatic heterocycles. The van der Waals surface area contributed by atoms with E-state index in [4.69, 9.17) is 17.4 Å². The molecule has 0 radical (unpaired) electrons. The van der Waals surface area contributed by atoms with Crippen LogP contribution >= 0.6 is 24.2 Å². The first-order chi connectivity index (χ1) is 6.70. The van der Waals surface area contributed by atoms with Gasteiger partial charge in [0.1, 0.15) is 9.67 Å². The molecule has 0 amide bonds. The largest absolute Gasteiger partial charge is 0.343 e. The lowest BCUT2D eigenvalue weighted by Crippen LogP contribution is -1.91. The summed E-state index contributed by atoms with van der Waals surface area (Å²) >= 11 is 6.16. The molecule has 2 aromatic rings. The number of nitrogens with zero attached hydrogens (tertiary/aromatic N) is 1. The van der Waals surface area contributed by atoms with Gasteiger partial charge in [0.2, 0.25) is 0 Å². The van der Waals surface area contributed by atoms with Gasteiger partial charge >= 0.3 is 0 Å². The van der Waals surface area contributed by atoms with Crippen LogP contribution in [0.3, 0.4) is 0 Å². The number of aromatic amines is 1. The van der Waals surface area contributed by atoms with Gasteiger partial charge in [-0.1, -0.05) is 18.3 Å². The van der Waals surface area contributed by atoms with Crippen LogP contribution in [0.5, 0.6) is 0 Å². The van der Waals surface area contributed by atoms with E-state index in [0.717, 1.165) is 23.0 Å². The van der Waals surface area contributed by atoms with E-state index in [2.05, 4.69) is 9.97 Å². The van der Waals surface area contributed by atoms with Crippen molar-refractivity contribution in [1.82, 2.24) is 9.97 Å². The van der Waals surface area contributed by atoms with Crippen LogP contribution in [0, 0.1) is 11.6 Å². The van der Waals surface area contributed by atoms with Crippen molar-refractivity contribution in [1.29, 1.82) is 0 Å². The summed E-state index contributed by atoms with van der Waals surface area (Å²) in [5.74, 6) is 0. The van der Waals surface area contributed by atoms with Crippen LogP contribution in [-0.4, -0.2) is 9.97 Å². The predicted octanol–water partition coefficient (Wildman–Crippen LogP) is 2.57. The zero-order chi connectivity index (χ0) is 10.1. The van der Waals surface area contributed by atoms with Gasteiger partial charge in [-0.15, -0.1) is 0 Å². The van der Waals surface area contributed by atoms with E-state index < -0.39 is 0 Å². The minimum atomic E-state index is 0.592. The number of hydrogen-bond donors (Lipinski definition) is 2. The molecule has 5 heteroatoms. The maximum atomic E-state index is 5.45. The topological polar surface area (TPSA) is 54.7 Å². The Morgan fingerprint density at radius 2 is 2.29 bits per heavy atom. The van der Waals surface area contributed by atoms with E-state index in [9.17, 15) is 0 Å². The Kier molecular flexibility index (Phi) is 2.54. The van der Waals surface area contributed by atoms with Crippen molar-refractivity contribution < 1.29 is 0 Å². The van der Waals surface area contributed by atoms with Crippen LogP contribution in [-0.2, 0) is 0 Å². The van der Waals surface area contributed by atoms with Crippen LogP contribution < -0.4 is 5.14 Å². The number of H-pyrrole nitrogens is 1. The normalized spacial score (nSPS) is 10.7. The Hall–Kier alpha value is -0.910. The molecule has 0 unspecified atom stereocenters. The molecule has 0 atom stereocenters. The van der Waals surface area contributed by atoms with E-state index >= 15 is 0 Å². The number of hydrogen-bond acceptors (Lipinski definition) is 4. The maximum Gasteiger partial charge on any atom is 0.146 e. The zero-order valence-corrected chi connectivity index (χ0v) is 9.21. The summed E-state index contributed by atoms with van der Waals surface area (Å²) < 4.78 is 0.592. The summed E-state index contributed by atoms with van der Waals surface area (Å²) in [5.41, 5.74) is 3.01. The molecule has 0 aliphatic heterocycles. The first kappa shape index (κ1) is 9.64. The number of benzene rings is 1. The van der Waals surface area contributed by atoms with Gasteiger partial charge in [-0.2, -0.15) is 0 Å². The molecule has 0 fully saturated rings. The van der Waals surface area contributed by atoms with Gasteiger partial charge in [0.25, 0.3) is 0 Å². The number of fused-ring (bicyclic) bond motifs is 1. The Bertz CT molecular complexity index is 533. The number of nitrogens with one attached hydrogen (secondary N) is 1. The zero-order valence-electron chi connectivity index (χ0n) is 7.57. The quantitative estimate of drug-likeness (QED) is 0.576. The average molecular weight is 223 g/mol. The lowest BCUT2D eigenvalue weighted by atomic mass is 10.2. The molecule has 0 bridgehead atoms. The Morgan fingerprint density at radius 1 is 1.50 bits per heavy atom. The highest BCUT2D eigenvalue weighted by Gasteiger charge is 2.00. The average Bonchev–Trinajstić information content (AvgIpc) is 2.17. The Balaban J connectivity index is 2.80. The molecule has 0 saturated heterocycles. The van der Waals surface area contributed by atoms with Crippen molar-refractivity contribution in [2.75, 3.05) is 0 Å². The Labute approximate surface area is 90.9 Å². The van der Waals surface area contributed by atoms with Crippen LogP contribution in [0.15, 0.2) is 23.2 Å². The first-order valence-corrected chi connectivity index (χ1v) is 5.37. The van der Waals surface area contributed by atoms with Gasteiger partial charge in [0, 0.05) is 0 Å². The maximum absolute atomic E-state index is 5.45. The molecule has 0 spiro atoms. The fourth-order valence-corrected chi connectivity index (χ4v) is 1.86. The van der Waals surface area contributed by atoms with Crippen molar-refractivity contribution in [3.8, 4) is 0 Å². The molecule has 3 nitrogen and oxygen atoms in total. The highest BCUT2D eigenvalue weighted by atomic mass is 32.2. The molecule has 0 aliphatic rings. The van der Waals surface area contributed by atoms with Crippen LogP contribution in [0.4, 0.5) is 0 Å². The third-order valence-corrected chi connectivity index (χ3v) is 2.87. The second-order valence-corrected chi connectivity index (χ2v) is 4.04. The summed E-state index contributed by atoms with van der Waals surface area (Å²) in [7, 11) is 0. The molecule has 1 aromatic carbocycles. The highest BCUT2D eigenvalue weighted by Crippen LogP contribution is 2.16. The summed E-state index contributed by atoms with van der Waals surface area (Å²) in [5, 5.41) is 6.11. The van der Waals surface area contributed by atoms with E-state index in [1.807, 2.05) is 25.1 Å². The third kappa shape index (κ3) is 1.66. The molecule has 72 valence electrons. The van der Waals surface area contributed by atoms with Gasteiger partial charge in [-0.25, -0.2) is 4.98 Å². The van der Waals surface area contributed by atoms with Gasteiger partial charge in [-0.05, 0) is 36.6 Å². The van der Waals surface area contributed by atoms with Gasteiger partial charge in [0.05, 0.1) is 11.0 Å². The number of rotatable bonds is 1. The molecule has 3 N–H and O–H groups in total. The van der Waals surface area contributed by atoms with E-state index in [0.29, 0.717) is 9.67 Å². The molecule has 2 rings (SSSR count). The standard InChI is InChI=1S/C9H9N3S2/c1-5-2-3-6-7(4-5)12-9(14-10)8(13)11-6/h2-4H,10H2,1H3,(H,11,13). The lowest BCUT2D eigenvalue weighted by molar-refractivity contribution is 1.10. The third-order valence-electron chi connectivity index (χ3n) is 1.93. The number of aryl methyl sites for hydroxylation is 1. The van der Waals surface area contributed by atoms with E-state index in [1.54, 1.807) is 0 Å². The van der Waals surface area contributed by atoms with Crippen LogP contribution in [0.1, 0.15) is 5.56 Å². The molecule has 14 heavy (non-hydrogen) atoms. The Morgan fingerprint density at radius 3 is 3.00 bits per heavy atom. The summed E-state index contributed by atoms with van der Waals surface area (Å²) in [6.45, 7) is 2.03. The number of aromatic nitrogens is 2. The summed E-state index contributed by atoms with van der Waals surface area (Å²) in [4.78, 5) is 7.44. The van der Waals surface area contributed by atoms with Gasteiger partial charge < -0.3 is 4.98 Å².